The van der Waals surface area contributed by atoms with Crippen molar-refractivity contribution in [2.45, 2.75) is 0 Å². The van der Waals surface area contributed by atoms with Crippen LogP contribution in [0, 0.1) is 10.1 Å². The number of pyridine rings is 1. The molecule has 1 fully saturated rings. The summed E-state index contributed by atoms with van der Waals surface area (Å²) in [4.78, 5) is 30.5. The van der Waals surface area contributed by atoms with Crippen LogP contribution in [0.15, 0.2) is 48.7 Å². The number of carbonyl (C=O) groups excluding carboxylic acids is 1. The first-order valence-corrected chi connectivity index (χ1v) is 8.14. The van der Waals surface area contributed by atoms with E-state index >= 15 is 0 Å². The molecule has 3 rings (SSSR count). The Labute approximate surface area is 150 Å². The van der Waals surface area contributed by atoms with Gasteiger partial charge in [0.05, 0.1) is 11.1 Å². The Kier molecular flexibility index (Phi) is 5.12. The minimum atomic E-state index is -0.457. The van der Waals surface area contributed by atoms with Crippen molar-refractivity contribution < 1.29 is 14.8 Å². The van der Waals surface area contributed by atoms with Crippen molar-refractivity contribution in [3.8, 4) is 5.75 Å². The first-order chi connectivity index (χ1) is 12.5. The van der Waals surface area contributed by atoms with Gasteiger partial charge in [-0.05, 0) is 35.9 Å². The lowest BCUT2D eigenvalue weighted by molar-refractivity contribution is -0.384. The van der Waals surface area contributed by atoms with Gasteiger partial charge in [0.2, 0.25) is 5.91 Å². The third-order valence-corrected chi connectivity index (χ3v) is 4.17. The fourth-order valence-corrected chi connectivity index (χ4v) is 2.70. The zero-order valence-corrected chi connectivity index (χ0v) is 14.0. The Bertz CT molecular complexity index is 810. The number of rotatable bonds is 4. The molecule has 0 aliphatic carbocycles. The molecule has 1 aromatic carbocycles. The smallest absolute Gasteiger partial charge is 0.269 e. The number of aromatic nitrogens is 1. The van der Waals surface area contributed by atoms with Gasteiger partial charge in [0, 0.05) is 44.4 Å². The molecule has 1 aliphatic heterocycles. The minimum absolute atomic E-state index is 0.0208. The summed E-state index contributed by atoms with van der Waals surface area (Å²) in [7, 11) is 0. The lowest BCUT2D eigenvalue weighted by atomic mass is 10.2. The van der Waals surface area contributed by atoms with Crippen LogP contribution in [0.25, 0.3) is 6.08 Å². The first kappa shape index (κ1) is 17.4. The molecule has 8 nitrogen and oxygen atoms in total. The summed E-state index contributed by atoms with van der Waals surface area (Å²) in [6.45, 7) is 2.47. The molecule has 1 N–H and O–H groups in total. The number of anilines is 1. The third-order valence-electron chi connectivity index (χ3n) is 4.17. The molecule has 1 aromatic heterocycles. The van der Waals surface area contributed by atoms with Crippen molar-refractivity contribution in [2.24, 2.45) is 0 Å². The van der Waals surface area contributed by atoms with E-state index in [1.54, 1.807) is 35.2 Å². The van der Waals surface area contributed by atoms with Crippen LogP contribution in [0.2, 0.25) is 0 Å². The van der Waals surface area contributed by atoms with Gasteiger partial charge in [-0.2, -0.15) is 0 Å². The zero-order chi connectivity index (χ0) is 18.5. The molecule has 0 bridgehead atoms. The van der Waals surface area contributed by atoms with Crippen LogP contribution in [-0.2, 0) is 4.79 Å². The number of aromatic hydroxyl groups is 1. The molecule has 1 aliphatic rings. The van der Waals surface area contributed by atoms with Crippen molar-refractivity contribution in [1.29, 1.82) is 0 Å². The predicted octanol–water partition coefficient (Wildman–Crippen LogP) is 2.06. The Morgan fingerprint density at radius 2 is 1.81 bits per heavy atom. The highest BCUT2D eigenvalue weighted by atomic mass is 16.6. The van der Waals surface area contributed by atoms with E-state index in [9.17, 15) is 20.0 Å². The number of non-ortho nitro benzene ring substituents is 1. The van der Waals surface area contributed by atoms with E-state index in [1.165, 1.54) is 24.4 Å². The van der Waals surface area contributed by atoms with Gasteiger partial charge in [-0.1, -0.05) is 0 Å². The van der Waals surface area contributed by atoms with E-state index in [-0.39, 0.29) is 17.3 Å². The predicted molar refractivity (Wildman–Crippen MR) is 96.8 cm³/mol. The van der Waals surface area contributed by atoms with Crippen LogP contribution in [0.1, 0.15) is 5.56 Å². The standard InChI is InChI=1S/C18H18N4O4/c23-16-6-7-17(19-13-16)20-9-11-21(12-10-20)18(24)8-3-14-1-4-15(5-2-14)22(25)26/h1-8,13,23H,9-12H2. The van der Waals surface area contributed by atoms with E-state index in [0.29, 0.717) is 26.2 Å². The maximum Gasteiger partial charge on any atom is 0.269 e. The molecule has 134 valence electrons. The second-order valence-electron chi connectivity index (χ2n) is 5.87. The molecule has 0 saturated carbocycles. The largest absolute Gasteiger partial charge is 0.506 e. The highest BCUT2D eigenvalue weighted by Crippen LogP contribution is 2.17. The van der Waals surface area contributed by atoms with Gasteiger partial charge in [0.15, 0.2) is 0 Å². The normalized spacial score (nSPS) is 14.6. The third kappa shape index (κ3) is 4.15. The van der Waals surface area contributed by atoms with Gasteiger partial charge in [0.25, 0.3) is 5.69 Å². The lowest BCUT2D eigenvalue weighted by Crippen LogP contribution is -2.48. The molecule has 1 saturated heterocycles. The molecular weight excluding hydrogens is 336 g/mol. The number of hydrogen-bond donors (Lipinski definition) is 1. The van der Waals surface area contributed by atoms with Crippen molar-refractivity contribution in [2.75, 3.05) is 31.1 Å². The summed E-state index contributed by atoms with van der Waals surface area (Å²) in [5.41, 5.74) is 0.753. The Balaban J connectivity index is 1.54. The second kappa shape index (κ2) is 7.64. The molecular formula is C18H18N4O4. The van der Waals surface area contributed by atoms with Gasteiger partial charge in [0.1, 0.15) is 11.6 Å². The van der Waals surface area contributed by atoms with Crippen LogP contribution >= 0.6 is 0 Å². The van der Waals surface area contributed by atoms with E-state index in [2.05, 4.69) is 9.88 Å². The van der Waals surface area contributed by atoms with Crippen LogP contribution in [0.5, 0.6) is 5.75 Å². The highest BCUT2D eigenvalue weighted by Gasteiger charge is 2.20. The van der Waals surface area contributed by atoms with Gasteiger partial charge < -0.3 is 14.9 Å². The van der Waals surface area contributed by atoms with E-state index in [0.717, 1.165) is 11.4 Å². The quantitative estimate of drug-likeness (QED) is 0.512. The summed E-state index contributed by atoms with van der Waals surface area (Å²) in [5.74, 6) is 0.803. The van der Waals surface area contributed by atoms with Gasteiger partial charge >= 0.3 is 0 Å². The SMILES string of the molecule is O=C(C=Cc1ccc([N+](=O)[O-])cc1)N1CCN(c2ccc(O)cn2)CC1. The second-order valence-corrected chi connectivity index (χ2v) is 5.87. The molecule has 2 aromatic rings. The number of benzene rings is 1. The summed E-state index contributed by atoms with van der Waals surface area (Å²) < 4.78 is 0. The number of nitro groups is 1. The minimum Gasteiger partial charge on any atom is -0.506 e. The van der Waals surface area contributed by atoms with Crippen molar-refractivity contribution >= 4 is 23.5 Å². The zero-order valence-electron chi connectivity index (χ0n) is 14.0. The molecule has 1 amide bonds. The van der Waals surface area contributed by atoms with Crippen molar-refractivity contribution in [3.63, 3.8) is 0 Å². The Morgan fingerprint density at radius 1 is 1.12 bits per heavy atom. The fraction of sp³-hybridized carbons (Fsp3) is 0.222. The van der Waals surface area contributed by atoms with Gasteiger partial charge in [-0.15, -0.1) is 0 Å². The topological polar surface area (TPSA) is 99.8 Å². The Hall–Kier alpha value is -3.42. The summed E-state index contributed by atoms with van der Waals surface area (Å²) in [5, 5.41) is 19.9. The van der Waals surface area contributed by atoms with E-state index in [4.69, 9.17) is 0 Å². The van der Waals surface area contributed by atoms with Crippen LogP contribution < -0.4 is 4.90 Å². The van der Waals surface area contributed by atoms with E-state index < -0.39 is 4.92 Å². The number of piperazine rings is 1. The average molecular weight is 354 g/mol. The lowest BCUT2D eigenvalue weighted by Gasteiger charge is -2.34. The molecule has 0 radical (unpaired) electrons. The number of carbonyl (C=O) groups is 1. The van der Waals surface area contributed by atoms with Crippen LogP contribution in [0.4, 0.5) is 11.5 Å². The number of nitro benzene ring substituents is 1. The molecule has 0 spiro atoms. The van der Waals surface area contributed by atoms with Gasteiger partial charge in [-0.3, -0.25) is 14.9 Å². The maximum atomic E-state index is 12.3. The number of amides is 1. The monoisotopic (exact) mass is 354 g/mol. The summed E-state index contributed by atoms with van der Waals surface area (Å²) >= 11 is 0. The molecule has 8 heteroatoms. The highest BCUT2D eigenvalue weighted by molar-refractivity contribution is 5.92. The molecule has 2 heterocycles. The fourth-order valence-electron chi connectivity index (χ4n) is 2.70. The number of nitrogens with zero attached hydrogens (tertiary/aromatic N) is 4. The van der Waals surface area contributed by atoms with Crippen LogP contribution in [0.3, 0.4) is 0 Å². The maximum absolute atomic E-state index is 12.3. The van der Waals surface area contributed by atoms with Gasteiger partial charge in [-0.25, -0.2) is 4.98 Å². The van der Waals surface area contributed by atoms with Crippen molar-refractivity contribution in [1.82, 2.24) is 9.88 Å². The molecule has 26 heavy (non-hydrogen) atoms. The first-order valence-electron chi connectivity index (χ1n) is 8.14. The molecule has 0 atom stereocenters. The van der Waals surface area contributed by atoms with Crippen molar-refractivity contribution in [3.05, 3.63) is 64.3 Å². The summed E-state index contributed by atoms with van der Waals surface area (Å²) in [6.07, 6.45) is 4.54. The molecule has 0 unspecified atom stereocenters. The average Bonchev–Trinajstić information content (AvgIpc) is 2.67. The number of hydrogen-bond acceptors (Lipinski definition) is 6. The van der Waals surface area contributed by atoms with Crippen LogP contribution in [-0.4, -0.2) is 52.0 Å². The Morgan fingerprint density at radius 3 is 2.38 bits per heavy atom. The summed E-state index contributed by atoms with van der Waals surface area (Å²) in [6, 6.07) is 9.38. The van der Waals surface area contributed by atoms with E-state index in [1.807, 2.05) is 0 Å².